The van der Waals surface area contributed by atoms with E-state index in [0.717, 1.165) is 16.7 Å². The van der Waals surface area contributed by atoms with Crippen molar-refractivity contribution in [3.05, 3.63) is 28.8 Å². The van der Waals surface area contributed by atoms with E-state index < -0.39 is 0 Å². The second kappa shape index (κ2) is 5.81. The number of rotatable bonds is 3. The Morgan fingerprint density at radius 1 is 1.28 bits per heavy atom. The fraction of sp³-hybridized carbons (Fsp3) is 0.250. The molecule has 0 fully saturated rings. The van der Waals surface area contributed by atoms with E-state index in [1.54, 1.807) is 0 Å². The summed E-state index contributed by atoms with van der Waals surface area (Å²) in [5.41, 5.74) is 14.0. The molecule has 5 N–H and O–H groups in total. The molecule has 18 heavy (non-hydrogen) atoms. The first-order valence-electron chi connectivity index (χ1n) is 5.41. The van der Waals surface area contributed by atoms with Crippen molar-refractivity contribution in [2.75, 3.05) is 5.32 Å². The summed E-state index contributed by atoms with van der Waals surface area (Å²) in [6.07, 6.45) is 1.50. The molecule has 1 aromatic carbocycles. The monoisotopic (exact) mass is 247 g/mol. The highest BCUT2D eigenvalue weighted by atomic mass is 16.1. The zero-order valence-corrected chi connectivity index (χ0v) is 10.7. The van der Waals surface area contributed by atoms with Gasteiger partial charge in [-0.15, -0.1) is 5.10 Å². The third-order valence-electron chi connectivity index (χ3n) is 2.35. The summed E-state index contributed by atoms with van der Waals surface area (Å²) in [6, 6.07) is 3.79. The van der Waals surface area contributed by atoms with Crippen LogP contribution in [0.5, 0.6) is 0 Å². The Kier molecular flexibility index (Phi) is 4.42. The van der Waals surface area contributed by atoms with Gasteiger partial charge in [0.05, 0.1) is 6.21 Å². The van der Waals surface area contributed by atoms with Crippen molar-refractivity contribution in [1.82, 2.24) is 0 Å². The van der Waals surface area contributed by atoms with E-state index in [1.165, 1.54) is 13.1 Å². The summed E-state index contributed by atoms with van der Waals surface area (Å²) in [7, 11) is 0. The zero-order valence-electron chi connectivity index (χ0n) is 10.7. The summed E-state index contributed by atoms with van der Waals surface area (Å²) in [6.45, 7) is 5.40. The molecule has 0 saturated carbocycles. The van der Waals surface area contributed by atoms with Crippen molar-refractivity contribution in [3.63, 3.8) is 0 Å². The Morgan fingerprint density at radius 3 is 2.44 bits per heavy atom. The highest BCUT2D eigenvalue weighted by Crippen LogP contribution is 2.19. The number of carbonyl (C=O) groups is 1. The van der Waals surface area contributed by atoms with Crippen LogP contribution < -0.4 is 16.8 Å². The topological polar surface area (TPSA) is 106 Å². The van der Waals surface area contributed by atoms with Crippen molar-refractivity contribution in [2.45, 2.75) is 20.8 Å². The molecule has 0 heterocycles. The molecule has 0 spiro atoms. The molecule has 0 aliphatic heterocycles. The van der Waals surface area contributed by atoms with Gasteiger partial charge in [0.2, 0.25) is 11.9 Å². The number of guanidine groups is 1. The molecule has 0 radical (unpaired) electrons. The standard InChI is InChI=1S/C12H17N5O/c1-7-4-10(6-15-17-12(13)14)11(5-8(7)2)16-9(3)18/h4-6H,1-3H3,(H,16,18)(H4,13,14,17). The van der Waals surface area contributed by atoms with Crippen LogP contribution in [0.3, 0.4) is 0 Å². The lowest BCUT2D eigenvalue weighted by molar-refractivity contribution is -0.114. The van der Waals surface area contributed by atoms with Gasteiger partial charge in [-0.2, -0.15) is 5.10 Å². The highest BCUT2D eigenvalue weighted by molar-refractivity contribution is 5.97. The summed E-state index contributed by atoms with van der Waals surface area (Å²) in [5, 5.41) is 10.0. The average molecular weight is 247 g/mol. The van der Waals surface area contributed by atoms with Crippen LogP contribution in [0.2, 0.25) is 0 Å². The number of benzene rings is 1. The number of nitrogens with two attached hydrogens (primary N) is 2. The van der Waals surface area contributed by atoms with Crippen LogP contribution in [0.25, 0.3) is 0 Å². The predicted molar refractivity (Wildman–Crippen MR) is 73.6 cm³/mol. The van der Waals surface area contributed by atoms with Crippen LogP contribution in [0.4, 0.5) is 5.69 Å². The van der Waals surface area contributed by atoms with E-state index in [2.05, 4.69) is 15.5 Å². The molecule has 0 aliphatic rings. The number of nitrogens with zero attached hydrogens (tertiary/aromatic N) is 2. The molecule has 1 aromatic rings. The maximum absolute atomic E-state index is 11.1. The van der Waals surface area contributed by atoms with Gasteiger partial charge in [0, 0.05) is 18.2 Å². The third kappa shape index (κ3) is 3.89. The maximum Gasteiger partial charge on any atom is 0.221 e. The normalized spacial score (nSPS) is 10.4. The second-order valence-corrected chi connectivity index (χ2v) is 3.97. The van der Waals surface area contributed by atoms with Gasteiger partial charge in [0.1, 0.15) is 0 Å². The van der Waals surface area contributed by atoms with Gasteiger partial charge in [-0.3, -0.25) is 4.79 Å². The molecule has 0 aromatic heterocycles. The van der Waals surface area contributed by atoms with E-state index in [0.29, 0.717) is 5.69 Å². The van der Waals surface area contributed by atoms with E-state index in [4.69, 9.17) is 11.5 Å². The molecule has 1 amide bonds. The Balaban J connectivity index is 3.15. The fourth-order valence-electron chi connectivity index (χ4n) is 1.40. The zero-order chi connectivity index (χ0) is 13.7. The van der Waals surface area contributed by atoms with Gasteiger partial charge in [-0.1, -0.05) is 0 Å². The van der Waals surface area contributed by atoms with Gasteiger partial charge in [0.15, 0.2) is 0 Å². The average Bonchev–Trinajstić information content (AvgIpc) is 2.23. The molecule has 0 saturated heterocycles. The number of aryl methyl sites for hydroxylation is 2. The third-order valence-corrected chi connectivity index (χ3v) is 2.35. The number of nitrogens with one attached hydrogen (secondary N) is 1. The molecular weight excluding hydrogens is 230 g/mol. The lowest BCUT2D eigenvalue weighted by Crippen LogP contribution is -2.21. The lowest BCUT2D eigenvalue weighted by Gasteiger charge is -2.09. The number of carbonyl (C=O) groups excluding carboxylic acids is 1. The number of amides is 1. The molecule has 0 bridgehead atoms. The summed E-state index contributed by atoms with van der Waals surface area (Å²) < 4.78 is 0. The quantitative estimate of drug-likeness (QED) is 0.419. The van der Waals surface area contributed by atoms with E-state index in [-0.39, 0.29) is 11.9 Å². The Morgan fingerprint density at radius 2 is 1.89 bits per heavy atom. The first-order valence-corrected chi connectivity index (χ1v) is 5.41. The van der Waals surface area contributed by atoms with E-state index in [1.807, 2.05) is 26.0 Å². The van der Waals surface area contributed by atoms with E-state index >= 15 is 0 Å². The Bertz CT molecular complexity index is 515. The van der Waals surface area contributed by atoms with Crippen LogP contribution in [0.1, 0.15) is 23.6 Å². The largest absolute Gasteiger partial charge is 0.369 e. The Labute approximate surface area is 106 Å². The number of hydrogen-bond donors (Lipinski definition) is 3. The van der Waals surface area contributed by atoms with Crippen molar-refractivity contribution >= 4 is 23.8 Å². The van der Waals surface area contributed by atoms with Gasteiger partial charge >= 0.3 is 0 Å². The van der Waals surface area contributed by atoms with Crippen molar-refractivity contribution in [2.24, 2.45) is 21.7 Å². The molecule has 0 aliphatic carbocycles. The van der Waals surface area contributed by atoms with Crippen LogP contribution in [-0.4, -0.2) is 18.1 Å². The molecule has 6 nitrogen and oxygen atoms in total. The molecule has 0 atom stereocenters. The summed E-state index contributed by atoms with van der Waals surface area (Å²) >= 11 is 0. The minimum Gasteiger partial charge on any atom is -0.369 e. The van der Waals surface area contributed by atoms with Gasteiger partial charge < -0.3 is 16.8 Å². The fourth-order valence-corrected chi connectivity index (χ4v) is 1.40. The van der Waals surface area contributed by atoms with Crippen LogP contribution in [0, 0.1) is 13.8 Å². The summed E-state index contributed by atoms with van der Waals surface area (Å²) in [5.74, 6) is -0.258. The van der Waals surface area contributed by atoms with Crippen LogP contribution in [0.15, 0.2) is 22.3 Å². The molecular formula is C12H17N5O. The first kappa shape index (κ1) is 13.7. The van der Waals surface area contributed by atoms with Gasteiger partial charge in [-0.05, 0) is 37.1 Å². The molecule has 1 rings (SSSR count). The van der Waals surface area contributed by atoms with Crippen molar-refractivity contribution < 1.29 is 4.79 Å². The smallest absolute Gasteiger partial charge is 0.221 e. The molecule has 96 valence electrons. The predicted octanol–water partition coefficient (Wildman–Crippen LogP) is 0.869. The van der Waals surface area contributed by atoms with E-state index in [9.17, 15) is 4.79 Å². The second-order valence-electron chi connectivity index (χ2n) is 3.97. The minimum atomic E-state index is -0.144. The summed E-state index contributed by atoms with van der Waals surface area (Å²) in [4.78, 5) is 11.1. The van der Waals surface area contributed by atoms with Gasteiger partial charge in [0.25, 0.3) is 0 Å². The van der Waals surface area contributed by atoms with Gasteiger partial charge in [-0.25, -0.2) is 0 Å². The SMILES string of the molecule is CC(=O)Nc1cc(C)c(C)cc1C=NN=C(N)N. The molecule has 6 heteroatoms. The number of hydrogen-bond acceptors (Lipinski definition) is 3. The minimum absolute atomic E-state index is 0.115. The number of anilines is 1. The molecule has 0 unspecified atom stereocenters. The van der Waals surface area contributed by atoms with Crippen LogP contribution in [-0.2, 0) is 4.79 Å². The Hall–Kier alpha value is -2.37. The lowest BCUT2D eigenvalue weighted by atomic mass is 10.0. The van der Waals surface area contributed by atoms with Crippen molar-refractivity contribution in [3.8, 4) is 0 Å². The van der Waals surface area contributed by atoms with Crippen LogP contribution >= 0.6 is 0 Å². The maximum atomic E-state index is 11.1. The first-order chi connectivity index (χ1) is 8.40. The highest BCUT2D eigenvalue weighted by Gasteiger charge is 2.05. The van der Waals surface area contributed by atoms with Crippen molar-refractivity contribution in [1.29, 1.82) is 0 Å².